The molecule has 2 amide bonds. The minimum Gasteiger partial charge on any atom is -0.375 e. The number of urea groups is 1. The van der Waals surface area contributed by atoms with Crippen molar-refractivity contribution in [2.45, 2.75) is 45.4 Å². The van der Waals surface area contributed by atoms with E-state index < -0.39 is 0 Å². The van der Waals surface area contributed by atoms with E-state index in [1.807, 2.05) is 43.0 Å². The van der Waals surface area contributed by atoms with E-state index in [9.17, 15) is 4.79 Å². The smallest absolute Gasteiger partial charge is 0.322 e. The SMILES string of the molecule is CCC1COC(C)CN1C(=O)Nc1ccc(C(C)N)cc1. The molecule has 0 spiro atoms. The molecule has 1 saturated heterocycles. The van der Waals surface area contributed by atoms with Crippen LogP contribution in [0.2, 0.25) is 0 Å². The standard InChI is InChI=1S/C16H25N3O2/c1-4-15-10-21-11(2)9-19(15)16(20)18-14-7-5-13(6-8-14)12(3)17/h5-8,11-12,15H,4,9-10,17H2,1-3H3,(H,18,20). The molecule has 5 heteroatoms. The first-order chi connectivity index (χ1) is 10.0. The van der Waals surface area contributed by atoms with Crippen LogP contribution in [0.15, 0.2) is 24.3 Å². The third kappa shape index (κ3) is 3.95. The largest absolute Gasteiger partial charge is 0.375 e. The minimum atomic E-state index is -0.0643. The van der Waals surface area contributed by atoms with E-state index >= 15 is 0 Å². The molecule has 1 heterocycles. The van der Waals surface area contributed by atoms with Gasteiger partial charge >= 0.3 is 6.03 Å². The maximum absolute atomic E-state index is 12.4. The third-order valence-electron chi connectivity index (χ3n) is 3.89. The summed E-state index contributed by atoms with van der Waals surface area (Å²) in [5.74, 6) is 0. The van der Waals surface area contributed by atoms with Crippen LogP contribution in [0.25, 0.3) is 0 Å². The fraction of sp³-hybridized carbons (Fsp3) is 0.562. The molecule has 2 rings (SSSR count). The predicted molar refractivity (Wildman–Crippen MR) is 84.3 cm³/mol. The summed E-state index contributed by atoms with van der Waals surface area (Å²) in [6.45, 7) is 7.23. The highest BCUT2D eigenvalue weighted by atomic mass is 16.5. The molecule has 1 fully saturated rings. The summed E-state index contributed by atoms with van der Waals surface area (Å²) in [5, 5.41) is 2.95. The predicted octanol–water partition coefficient (Wildman–Crippen LogP) is 2.74. The Labute approximate surface area is 126 Å². The average molecular weight is 291 g/mol. The molecule has 5 nitrogen and oxygen atoms in total. The molecule has 3 atom stereocenters. The number of anilines is 1. The molecule has 3 unspecified atom stereocenters. The highest BCUT2D eigenvalue weighted by Gasteiger charge is 2.29. The van der Waals surface area contributed by atoms with Crippen LogP contribution < -0.4 is 11.1 Å². The second-order valence-electron chi connectivity index (χ2n) is 5.70. The Kier molecular flexibility index (Phi) is 5.20. The fourth-order valence-electron chi connectivity index (χ4n) is 2.50. The number of hydrogen-bond donors (Lipinski definition) is 2. The van der Waals surface area contributed by atoms with Crippen molar-refractivity contribution in [1.82, 2.24) is 4.90 Å². The van der Waals surface area contributed by atoms with Gasteiger partial charge in [-0.3, -0.25) is 0 Å². The number of nitrogens with two attached hydrogens (primary N) is 1. The summed E-state index contributed by atoms with van der Waals surface area (Å²) >= 11 is 0. The topological polar surface area (TPSA) is 67.6 Å². The molecule has 3 N–H and O–H groups in total. The Morgan fingerprint density at radius 3 is 2.71 bits per heavy atom. The highest BCUT2D eigenvalue weighted by molar-refractivity contribution is 5.89. The number of rotatable bonds is 3. The molecule has 0 aliphatic carbocycles. The number of ether oxygens (including phenoxy) is 1. The second-order valence-corrected chi connectivity index (χ2v) is 5.70. The Bertz CT molecular complexity index is 473. The van der Waals surface area contributed by atoms with Gasteiger partial charge < -0.3 is 20.7 Å². The maximum Gasteiger partial charge on any atom is 0.322 e. The van der Waals surface area contributed by atoms with Crippen molar-refractivity contribution in [3.63, 3.8) is 0 Å². The van der Waals surface area contributed by atoms with Gasteiger partial charge in [-0.05, 0) is 38.0 Å². The van der Waals surface area contributed by atoms with Crippen LogP contribution in [0.3, 0.4) is 0 Å². The van der Waals surface area contributed by atoms with Gasteiger partial charge in [0.2, 0.25) is 0 Å². The fourth-order valence-corrected chi connectivity index (χ4v) is 2.50. The molecule has 21 heavy (non-hydrogen) atoms. The van der Waals surface area contributed by atoms with Crippen LogP contribution >= 0.6 is 0 Å². The first-order valence-electron chi connectivity index (χ1n) is 7.56. The minimum absolute atomic E-state index is 0.000633. The van der Waals surface area contributed by atoms with Crippen LogP contribution in [0, 0.1) is 0 Å². The molecular formula is C16H25N3O2. The van der Waals surface area contributed by atoms with Crippen LogP contribution in [-0.2, 0) is 4.74 Å². The zero-order valence-electron chi connectivity index (χ0n) is 13.0. The van der Waals surface area contributed by atoms with Gasteiger partial charge in [-0.2, -0.15) is 0 Å². The van der Waals surface area contributed by atoms with Gasteiger partial charge in [-0.25, -0.2) is 4.79 Å². The van der Waals surface area contributed by atoms with Crippen molar-refractivity contribution in [2.24, 2.45) is 5.73 Å². The number of benzene rings is 1. The number of amides is 2. The van der Waals surface area contributed by atoms with E-state index in [2.05, 4.69) is 12.2 Å². The van der Waals surface area contributed by atoms with Crippen molar-refractivity contribution in [3.05, 3.63) is 29.8 Å². The quantitative estimate of drug-likeness (QED) is 0.899. The van der Waals surface area contributed by atoms with Gasteiger partial charge in [0.05, 0.1) is 18.8 Å². The summed E-state index contributed by atoms with van der Waals surface area (Å²) < 4.78 is 5.62. The Morgan fingerprint density at radius 2 is 2.14 bits per heavy atom. The second kappa shape index (κ2) is 6.91. The van der Waals surface area contributed by atoms with Crippen molar-refractivity contribution < 1.29 is 9.53 Å². The van der Waals surface area contributed by atoms with Crippen LogP contribution in [0.4, 0.5) is 10.5 Å². The number of carbonyl (C=O) groups is 1. The molecule has 0 aromatic heterocycles. The van der Waals surface area contributed by atoms with Crippen molar-refractivity contribution in [3.8, 4) is 0 Å². The summed E-state index contributed by atoms with van der Waals surface area (Å²) in [7, 11) is 0. The lowest BCUT2D eigenvalue weighted by Crippen LogP contribution is -2.52. The average Bonchev–Trinajstić information content (AvgIpc) is 2.47. The third-order valence-corrected chi connectivity index (χ3v) is 3.89. The molecular weight excluding hydrogens is 266 g/mol. The van der Waals surface area contributed by atoms with E-state index in [4.69, 9.17) is 10.5 Å². The molecule has 1 aliphatic rings. The maximum atomic E-state index is 12.4. The van der Waals surface area contributed by atoms with E-state index in [0.717, 1.165) is 17.7 Å². The van der Waals surface area contributed by atoms with Crippen LogP contribution in [0.5, 0.6) is 0 Å². The molecule has 0 saturated carbocycles. The Hall–Kier alpha value is -1.59. The molecule has 1 aromatic carbocycles. The lowest BCUT2D eigenvalue weighted by atomic mass is 10.1. The lowest BCUT2D eigenvalue weighted by molar-refractivity contribution is -0.0357. The highest BCUT2D eigenvalue weighted by Crippen LogP contribution is 2.18. The molecule has 116 valence electrons. The number of nitrogens with one attached hydrogen (secondary N) is 1. The van der Waals surface area contributed by atoms with Gasteiger partial charge in [-0.1, -0.05) is 19.1 Å². The van der Waals surface area contributed by atoms with Gasteiger partial charge in [0.25, 0.3) is 0 Å². The van der Waals surface area contributed by atoms with Crippen LogP contribution in [-0.4, -0.2) is 36.2 Å². The molecule has 1 aliphatic heterocycles. The van der Waals surface area contributed by atoms with E-state index in [-0.39, 0.29) is 24.2 Å². The summed E-state index contributed by atoms with van der Waals surface area (Å²) in [5.41, 5.74) is 7.67. The zero-order valence-corrected chi connectivity index (χ0v) is 13.0. The van der Waals surface area contributed by atoms with Gasteiger partial charge in [0.1, 0.15) is 0 Å². The van der Waals surface area contributed by atoms with E-state index in [1.165, 1.54) is 0 Å². The summed E-state index contributed by atoms with van der Waals surface area (Å²) in [6.07, 6.45) is 0.975. The van der Waals surface area contributed by atoms with Crippen LogP contribution in [0.1, 0.15) is 38.8 Å². The van der Waals surface area contributed by atoms with E-state index in [1.54, 1.807) is 0 Å². The van der Waals surface area contributed by atoms with Gasteiger partial charge in [-0.15, -0.1) is 0 Å². The van der Waals surface area contributed by atoms with E-state index in [0.29, 0.717) is 13.2 Å². The summed E-state index contributed by atoms with van der Waals surface area (Å²) in [6, 6.07) is 7.75. The van der Waals surface area contributed by atoms with Gasteiger partial charge in [0.15, 0.2) is 0 Å². The number of hydrogen-bond acceptors (Lipinski definition) is 3. The van der Waals surface area contributed by atoms with Crippen molar-refractivity contribution in [1.29, 1.82) is 0 Å². The Balaban J connectivity index is 2.02. The number of carbonyl (C=O) groups excluding carboxylic acids is 1. The lowest BCUT2D eigenvalue weighted by Gasteiger charge is -2.38. The number of nitrogens with zero attached hydrogens (tertiary/aromatic N) is 1. The first kappa shape index (κ1) is 15.8. The normalized spacial score (nSPS) is 23.7. The molecule has 0 radical (unpaired) electrons. The Morgan fingerprint density at radius 1 is 1.48 bits per heavy atom. The van der Waals surface area contributed by atoms with Gasteiger partial charge in [0, 0.05) is 18.3 Å². The molecule has 1 aromatic rings. The van der Waals surface area contributed by atoms with Crippen molar-refractivity contribution in [2.75, 3.05) is 18.5 Å². The van der Waals surface area contributed by atoms with Crippen molar-refractivity contribution >= 4 is 11.7 Å². The monoisotopic (exact) mass is 291 g/mol. The number of morpholine rings is 1. The zero-order chi connectivity index (χ0) is 15.4. The summed E-state index contributed by atoms with van der Waals surface area (Å²) in [4.78, 5) is 14.3. The first-order valence-corrected chi connectivity index (χ1v) is 7.56. The molecule has 0 bridgehead atoms.